The second kappa shape index (κ2) is 12.6. The van der Waals surface area contributed by atoms with Gasteiger partial charge in [-0.1, -0.05) is 90.3 Å². The number of nitrogens with zero attached hydrogens (tertiary/aromatic N) is 1. The lowest BCUT2D eigenvalue weighted by Crippen LogP contribution is -2.52. The molecule has 0 heterocycles. The molecule has 5 heteroatoms. The monoisotopic (exact) mass is 490 g/mol. The lowest BCUT2D eigenvalue weighted by atomic mass is 10.00. The number of amides is 2. The quantitative estimate of drug-likeness (QED) is 0.376. The average molecular weight is 491 g/mol. The van der Waals surface area contributed by atoms with Gasteiger partial charge in [-0.2, -0.15) is 0 Å². The predicted molar refractivity (Wildman–Crippen MR) is 143 cm³/mol. The van der Waals surface area contributed by atoms with Gasteiger partial charge in [0.05, 0.1) is 6.42 Å². The van der Waals surface area contributed by atoms with Gasteiger partial charge in [0.2, 0.25) is 11.8 Å². The molecule has 3 aromatic rings. The molecular weight excluding hydrogens is 456 g/mol. The highest BCUT2D eigenvalue weighted by Gasteiger charge is 2.31. The van der Waals surface area contributed by atoms with E-state index in [2.05, 4.69) is 11.4 Å². The van der Waals surface area contributed by atoms with Crippen molar-refractivity contribution in [2.24, 2.45) is 0 Å². The van der Waals surface area contributed by atoms with Crippen molar-refractivity contribution in [2.75, 3.05) is 0 Å². The Kier molecular flexibility index (Phi) is 9.50. The summed E-state index contributed by atoms with van der Waals surface area (Å²) >= 11 is 6.25. The summed E-state index contributed by atoms with van der Waals surface area (Å²) in [5.74, 6) is -0.228. The summed E-state index contributed by atoms with van der Waals surface area (Å²) in [5, 5.41) is 3.71. The molecule has 1 N–H and O–H groups in total. The van der Waals surface area contributed by atoms with E-state index in [0.717, 1.165) is 34.2 Å². The van der Waals surface area contributed by atoms with E-state index in [1.165, 1.54) is 0 Å². The third-order valence-electron chi connectivity index (χ3n) is 6.15. The van der Waals surface area contributed by atoms with Crippen LogP contribution in [0.2, 0.25) is 5.02 Å². The van der Waals surface area contributed by atoms with E-state index in [4.69, 9.17) is 11.6 Å². The van der Waals surface area contributed by atoms with Gasteiger partial charge in [0.25, 0.3) is 0 Å². The Morgan fingerprint density at radius 2 is 1.54 bits per heavy atom. The van der Waals surface area contributed by atoms with Gasteiger partial charge >= 0.3 is 0 Å². The lowest BCUT2D eigenvalue weighted by molar-refractivity contribution is -0.141. The largest absolute Gasteiger partial charge is 0.352 e. The smallest absolute Gasteiger partial charge is 0.243 e. The van der Waals surface area contributed by atoms with Gasteiger partial charge in [0, 0.05) is 24.0 Å². The van der Waals surface area contributed by atoms with Crippen molar-refractivity contribution in [2.45, 2.75) is 65.6 Å². The molecule has 2 atom stereocenters. The van der Waals surface area contributed by atoms with Crippen molar-refractivity contribution in [3.05, 3.63) is 106 Å². The molecule has 0 spiro atoms. The van der Waals surface area contributed by atoms with E-state index in [-0.39, 0.29) is 24.3 Å². The van der Waals surface area contributed by atoms with Gasteiger partial charge in [-0.15, -0.1) is 0 Å². The van der Waals surface area contributed by atoms with Crippen LogP contribution in [0, 0.1) is 13.8 Å². The normalized spacial score (nSPS) is 12.6. The zero-order valence-electron chi connectivity index (χ0n) is 21.1. The molecule has 0 unspecified atom stereocenters. The van der Waals surface area contributed by atoms with Crippen molar-refractivity contribution in [3.63, 3.8) is 0 Å². The predicted octanol–water partition coefficient (Wildman–Crippen LogP) is 6.05. The molecule has 3 rings (SSSR count). The van der Waals surface area contributed by atoms with E-state index < -0.39 is 6.04 Å². The van der Waals surface area contributed by atoms with Crippen LogP contribution < -0.4 is 5.32 Å². The minimum Gasteiger partial charge on any atom is -0.352 e. The van der Waals surface area contributed by atoms with E-state index >= 15 is 0 Å². The van der Waals surface area contributed by atoms with Crippen LogP contribution in [-0.4, -0.2) is 28.8 Å². The molecule has 2 amide bonds. The molecule has 0 aromatic heterocycles. The molecule has 0 fully saturated rings. The van der Waals surface area contributed by atoms with Crippen molar-refractivity contribution < 1.29 is 9.59 Å². The molecule has 0 aliphatic rings. The number of carbonyl (C=O) groups is 2. The molecular formula is C30H35ClN2O2. The Morgan fingerprint density at radius 1 is 0.886 bits per heavy atom. The number of carbonyl (C=O) groups excluding carboxylic acids is 2. The number of benzene rings is 3. The zero-order chi connectivity index (χ0) is 25.4. The second-order valence-electron chi connectivity index (χ2n) is 9.35. The number of rotatable bonds is 10. The summed E-state index contributed by atoms with van der Waals surface area (Å²) < 4.78 is 0. The van der Waals surface area contributed by atoms with Crippen LogP contribution in [0.15, 0.2) is 72.8 Å². The van der Waals surface area contributed by atoms with Crippen molar-refractivity contribution in [1.29, 1.82) is 0 Å². The lowest BCUT2D eigenvalue weighted by Gasteiger charge is -2.32. The molecule has 0 aliphatic carbocycles. The van der Waals surface area contributed by atoms with E-state index in [1.54, 1.807) is 4.90 Å². The molecule has 184 valence electrons. The summed E-state index contributed by atoms with van der Waals surface area (Å²) in [4.78, 5) is 29.1. The molecule has 35 heavy (non-hydrogen) atoms. The number of aryl methyl sites for hydroxylation is 2. The Labute approximate surface area is 214 Å². The SMILES string of the molecule is CC[C@H](C)NC(=O)[C@H](Cc1ccccc1)N(Cc1cccc(Cl)c1)C(=O)Cc1cc(C)cc(C)c1. The maximum atomic E-state index is 13.8. The van der Waals surface area contributed by atoms with Gasteiger partial charge < -0.3 is 10.2 Å². The number of hydrogen-bond acceptors (Lipinski definition) is 2. The van der Waals surface area contributed by atoms with E-state index in [9.17, 15) is 9.59 Å². The van der Waals surface area contributed by atoms with Gasteiger partial charge in [0.1, 0.15) is 6.04 Å². The summed E-state index contributed by atoms with van der Waals surface area (Å²) in [6, 6.07) is 22.9. The highest BCUT2D eigenvalue weighted by atomic mass is 35.5. The minimum absolute atomic E-state index is 0.0170. The van der Waals surface area contributed by atoms with Gasteiger partial charge in [0.15, 0.2) is 0 Å². The van der Waals surface area contributed by atoms with Crippen LogP contribution in [0.3, 0.4) is 0 Å². The zero-order valence-corrected chi connectivity index (χ0v) is 21.8. The summed E-state index contributed by atoms with van der Waals surface area (Å²) in [6.45, 7) is 8.38. The first-order valence-electron chi connectivity index (χ1n) is 12.2. The summed E-state index contributed by atoms with van der Waals surface area (Å²) in [7, 11) is 0. The topological polar surface area (TPSA) is 49.4 Å². The Morgan fingerprint density at radius 3 is 2.17 bits per heavy atom. The fourth-order valence-corrected chi connectivity index (χ4v) is 4.49. The molecule has 0 saturated heterocycles. The van der Waals surface area contributed by atoms with E-state index in [0.29, 0.717) is 18.0 Å². The Balaban J connectivity index is 1.99. The maximum absolute atomic E-state index is 13.8. The molecule has 0 saturated carbocycles. The summed E-state index contributed by atoms with van der Waals surface area (Å²) in [5.41, 5.74) is 5.08. The Hall–Kier alpha value is -3.11. The molecule has 4 nitrogen and oxygen atoms in total. The number of nitrogens with one attached hydrogen (secondary N) is 1. The van der Waals surface area contributed by atoms with Gasteiger partial charge in [-0.25, -0.2) is 0 Å². The standard InChI is InChI=1S/C30H35ClN2O2/c1-5-23(4)32-30(35)28(18-24-10-7-6-8-11-24)33(20-25-12-9-13-27(31)17-25)29(34)19-26-15-21(2)14-22(3)16-26/h6-17,23,28H,5,18-20H2,1-4H3,(H,32,35)/t23-,28-/m0/s1. The molecule has 3 aromatic carbocycles. The fraction of sp³-hybridized carbons (Fsp3) is 0.333. The highest BCUT2D eigenvalue weighted by molar-refractivity contribution is 6.30. The van der Waals surface area contributed by atoms with Crippen molar-refractivity contribution >= 4 is 23.4 Å². The number of halogens is 1. The van der Waals surface area contributed by atoms with Crippen molar-refractivity contribution in [3.8, 4) is 0 Å². The average Bonchev–Trinajstić information content (AvgIpc) is 2.81. The van der Waals surface area contributed by atoms with Crippen LogP contribution in [0.5, 0.6) is 0 Å². The first-order valence-corrected chi connectivity index (χ1v) is 12.6. The van der Waals surface area contributed by atoms with Crippen LogP contribution in [0.4, 0.5) is 0 Å². The van der Waals surface area contributed by atoms with Crippen LogP contribution in [-0.2, 0) is 29.0 Å². The third kappa shape index (κ3) is 7.97. The fourth-order valence-electron chi connectivity index (χ4n) is 4.27. The van der Waals surface area contributed by atoms with Crippen molar-refractivity contribution in [1.82, 2.24) is 10.2 Å². The minimum atomic E-state index is -0.649. The van der Waals surface area contributed by atoms with E-state index in [1.807, 2.05) is 94.4 Å². The van der Waals surface area contributed by atoms with Gasteiger partial charge in [-0.05, 0) is 56.0 Å². The van der Waals surface area contributed by atoms with Crippen LogP contribution >= 0.6 is 11.6 Å². The number of hydrogen-bond donors (Lipinski definition) is 1. The second-order valence-corrected chi connectivity index (χ2v) is 9.78. The van der Waals surface area contributed by atoms with Gasteiger partial charge in [-0.3, -0.25) is 9.59 Å². The molecule has 0 bridgehead atoms. The highest BCUT2D eigenvalue weighted by Crippen LogP contribution is 2.20. The molecule has 0 radical (unpaired) electrons. The first kappa shape index (κ1) is 26.5. The van der Waals surface area contributed by atoms with Crippen LogP contribution in [0.25, 0.3) is 0 Å². The third-order valence-corrected chi connectivity index (χ3v) is 6.39. The Bertz CT molecular complexity index is 1130. The first-order chi connectivity index (χ1) is 16.7. The molecule has 0 aliphatic heterocycles. The van der Waals surface area contributed by atoms with Crippen LogP contribution in [0.1, 0.15) is 48.1 Å². The summed E-state index contributed by atoms with van der Waals surface area (Å²) in [6.07, 6.45) is 1.47. The maximum Gasteiger partial charge on any atom is 0.243 e.